The van der Waals surface area contributed by atoms with E-state index in [0.29, 0.717) is 16.2 Å². The molecule has 2 aliphatic rings. The van der Waals surface area contributed by atoms with Crippen molar-refractivity contribution in [2.24, 2.45) is 10.8 Å². The number of nitrogens with two attached hydrogens (primary N) is 1. The number of amides is 1. The number of hydrogen-bond acceptors (Lipinski definition) is 8. The number of carbonyl (C=O) groups excluding carboxylic acids is 2. The lowest BCUT2D eigenvalue weighted by Crippen LogP contribution is -2.33. The Morgan fingerprint density at radius 1 is 1.19 bits per heavy atom. The molecule has 9 heteroatoms. The first-order valence-electron chi connectivity index (χ1n) is 9.84. The molecule has 2 aliphatic heterocycles. The highest BCUT2D eigenvalue weighted by Gasteiger charge is 2.42. The van der Waals surface area contributed by atoms with Crippen molar-refractivity contribution in [2.75, 3.05) is 6.61 Å². The van der Waals surface area contributed by atoms with Gasteiger partial charge in [-0.25, -0.2) is 9.80 Å². The van der Waals surface area contributed by atoms with Crippen molar-refractivity contribution in [1.82, 2.24) is 10.3 Å². The second kappa shape index (κ2) is 8.99. The Hall–Kier alpha value is -4.03. The van der Waals surface area contributed by atoms with Crippen LogP contribution in [0.1, 0.15) is 28.8 Å². The fraction of sp³-hybridized carbons (Fsp3) is 0.130. The molecule has 0 spiro atoms. The fourth-order valence-corrected chi connectivity index (χ4v) is 4.43. The van der Waals surface area contributed by atoms with Crippen LogP contribution in [0.2, 0.25) is 0 Å². The quantitative estimate of drug-likeness (QED) is 0.694. The summed E-state index contributed by atoms with van der Waals surface area (Å²) in [7, 11) is 0. The first kappa shape index (κ1) is 21.2. The first-order chi connectivity index (χ1) is 15.5. The van der Waals surface area contributed by atoms with Gasteiger partial charge in [-0.3, -0.25) is 10.1 Å². The zero-order valence-corrected chi connectivity index (χ0v) is 17.9. The lowest BCUT2D eigenvalue weighted by atomic mass is 9.83. The number of ether oxygens (including phenoxy) is 1. The van der Waals surface area contributed by atoms with Crippen LogP contribution in [0.15, 0.2) is 87.8 Å². The van der Waals surface area contributed by atoms with Crippen LogP contribution in [0, 0.1) is 11.3 Å². The SMILES string of the molecule is CCOC(=O)C1=C(N)N2N=C(NC(=O)c3ccccc3)SC2=C(C#N)C1c1ccccc1. The van der Waals surface area contributed by atoms with Crippen molar-refractivity contribution in [3.05, 3.63) is 93.8 Å². The van der Waals surface area contributed by atoms with E-state index in [4.69, 9.17) is 10.5 Å². The lowest BCUT2D eigenvalue weighted by Gasteiger charge is -2.30. The maximum absolute atomic E-state index is 12.8. The molecule has 0 saturated heterocycles. The monoisotopic (exact) mass is 445 g/mol. The Kier molecular flexibility index (Phi) is 5.96. The molecule has 2 aromatic carbocycles. The van der Waals surface area contributed by atoms with E-state index in [-0.39, 0.29) is 29.1 Å². The summed E-state index contributed by atoms with van der Waals surface area (Å²) in [5.74, 6) is -1.61. The number of esters is 1. The Morgan fingerprint density at radius 2 is 1.84 bits per heavy atom. The summed E-state index contributed by atoms with van der Waals surface area (Å²) in [5.41, 5.74) is 8.00. The molecule has 1 atom stereocenters. The highest BCUT2D eigenvalue weighted by molar-refractivity contribution is 8.17. The molecule has 1 amide bonds. The molecule has 2 aromatic rings. The third-order valence-electron chi connectivity index (χ3n) is 4.89. The van der Waals surface area contributed by atoms with Crippen LogP contribution in [-0.2, 0) is 9.53 Å². The highest BCUT2D eigenvalue weighted by atomic mass is 32.2. The normalized spacial score (nSPS) is 17.4. The molecule has 0 saturated carbocycles. The maximum Gasteiger partial charge on any atom is 0.338 e. The van der Waals surface area contributed by atoms with Crippen LogP contribution in [0.5, 0.6) is 0 Å². The second-order valence-electron chi connectivity index (χ2n) is 6.83. The summed E-state index contributed by atoms with van der Waals surface area (Å²) in [6, 6.07) is 20.0. The summed E-state index contributed by atoms with van der Waals surface area (Å²) in [6.45, 7) is 1.86. The van der Waals surface area contributed by atoms with Crippen LogP contribution in [0.4, 0.5) is 0 Å². The second-order valence-corrected chi connectivity index (χ2v) is 7.81. The summed E-state index contributed by atoms with van der Waals surface area (Å²) >= 11 is 1.11. The first-order valence-corrected chi connectivity index (χ1v) is 10.7. The zero-order valence-electron chi connectivity index (χ0n) is 17.1. The van der Waals surface area contributed by atoms with Gasteiger partial charge in [0.1, 0.15) is 10.9 Å². The third kappa shape index (κ3) is 3.84. The number of allylic oxidation sites excluding steroid dienone is 1. The van der Waals surface area contributed by atoms with Gasteiger partial charge >= 0.3 is 5.97 Å². The zero-order chi connectivity index (χ0) is 22.7. The summed E-state index contributed by atoms with van der Waals surface area (Å²) in [5, 5.41) is 19.1. The minimum atomic E-state index is -0.710. The van der Waals surface area contributed by atoms with E-state index in [1.165, 1.54) is 5.01 Å². The Balaban J connectivity index is 1.75. The molecule has 0 fully saturated rings. The minimum Gasteiger partial charge on any atom is -0.463 e. The van der Waals surface area contributed by atoms with Crippen molar-refractivity contribution in [1.29, 1.82) is 5.26 Å². The van der Waals surface area contributed by atoms with Gasteiger partial charge in [0.2, 0.25) is 0 Å². The van der Waals surface area contributed by atoms with Crippen molar-refractivity contribution < 1.29 is 14.3 Å². The third-order valence-corrected chi connectivity index (χ3v) is 5.86. The predicted octanol–water partition coefficient (Wildman–Crippen LogP) is 3.00. The standard InChI is InChI=1S/C23H19N5O3S/c1-2-31-22(30)18-17(14-9-5-3-6-10-14)16(13-24)21-28(19(18)25)27-23(32-21)26-20(29)15-11-7-4-8-12-15/h3-12,17H,2,25H2,1H3,(H,26,27,29). The molecule has 8 nitrogen and oxygen atoms in total. The largest absolute Gasteiger partial charge is 0.463 e. The van der Waals surface area contributed by atoms with Gasteiger partial charge in [-0.05, 0) is 36.4 Å². The Morgan fingerprint density at radius 3 is 2.47 bits per heavy atom. The molecular formula is C23H19N5O3S. The number of fused-ring (bicyclic) bond motifs is 1. The number of nitrogens with one attached hydrogen (secondary N) is 1. The lowest BCUT2D eigenvalue weighted by molar-refractivity contribution is -0.139. The van der Waals surface area contributed by atoms with Crippen LogP contribution >= 0.6 is 11.8 Å². The van der Waals surface area contributed by atoms with E-state index < -0.39 is 11.9 Å². The maximum atomic E-state index is 12.8. The number of hydrogen-bond donors (Lipinski definition) is 2. The smallest absolute Gasteiger partial charge is 0.338 e. The van der Waals surface area contributed by atoms with Crippen LogP contribution in [-0.4, -0.2) is 28.7 Å². The van der Waals surface area contributed by atoms with Gasteiger partial charge in [0, 0.05) is 5.56 Å². The van der Waals surface area contributed by atoms with E-state index in [1.807, 2.05) is 36.4 Å². The summed E-state index contributed by atoms with van der Waals surface area (Å²) < 4.78 is 5.23. The number of nitriles is 1. The van der Waals surface area contributed by atoms with E-state index in [9.17, 15) is 14.9 Å². The van der Waals surface area contributed by atoms with Gasteiger partial charge < -0.3 is 10.5 Å². The molecule has 4 rings (SSSR count). The van der Waals surface area contributed by atoms with Crippen molar-refractivity contribution >= 4 is 28.8 Å². The van der Waals surface area contributed by atoms with Gasteiger partial charge in [-0.1, -0.05) is 48.5 Å². The van der Waals surface area contributed by atoms with Crippen molar-refractivity contribution in [3.8, 4) is 6.07 Å². The van der Waals surface area contributed by atoms with Crippen molar-refractivity contribution in [3.63, 3.8) is 0 Å². The highest BCUT2D eigenvalue weighted by Crippen LogP contribution is 2.46. The van der Waals surface area contributed by atoms with Gasteiger partial charge in [0.15, 0.2) is 5.17 Å². The minimum absolute atomic E-state index is 0.0581. The van der Waals surface area contributed by atoms with Crippen LogP contribution in [0.25, 0.3) is 0 Å². The summed E-state index contributed by atoms with van der Waals surface area (Å²) in [4.78, 5) is 25.4. The number of nitrogens with zero attached hydrogens (tertiary/aromatic N) is 3. The molecule has 160 valence electrons. The molecule has 1 unspecified atom stereocenters. The van der Waals surface area contributed by atoms with Crippen LogP contribution < -0.4 is 11.1 Å². The number of hydrazone groups is 1. The van der Waals surface area contributed by atoms with E-state index in [2.05, 4.69) is 16.5 Å². The molecule has 3 N–H and O–H groups in total. The Labute approximate surface area is 189 Å². The molecule has 0 radical (unpaired) electrons. The van der Waals surface area contributed by atoms with E-state index in [0.717, 1.165) is 17.3 Å². The molecule has 2 heterocycles. The number of benzene rings is 2. The number of amidine groups is 1. The van der Waals surface area contributed by atoms with Gasteiger partial charge in [0.05, 0.1) is 29.7 Å². The molecule has 32 heavy (non-hydrogen) atoms. The Bertz CT molecular complexity index is 1200. The van der Waals surface area contributed by atoms with Crippen molar-refractivity contribution in [2.45, 2.75) is 12.8 Å². The number of rotatable bonds is 4. The average Bonchev–Trinajstić information content (AvgIpc) is 3.24. The predicted molar refractivity (Wildman–Crippen MR) is 120 cm³/mol. The van der Waals surface area contributed by atoms with E-state index in [1.54, 1.807) is 31.2 Å². The number of thioether (sulfide) groups is 1. The molecular weight excluding hydrogens is 426 g/mol. The molecule has 0 aliphatic carbocycles. The summed E-state index contributed by atoms with van der Waals surface area (Å²) in [6.07, 6.45) is 0. The van der Waals surface area contributed by atoms with Crippen LogP contribution in [0.3, 0.4) is 0 Å². The van der Waals surface area contributed by atoms with Gasteiger partial charge in [-0.2, -0.15) is 5.26 Å². The fourth-order valence-electron chi connectivity index (χ4n) is 3.49. The topological polar surface area (TPSA) is 121 Å². The molecule has 0 bridgehead atoms. The average molecular weight is 446 g/mol. The van der Waals surface area contributed by atoms with Gasteiger partial charge in [-0.15, -0.1) is 5.10 Å². The van der Waals surface area contributed by atoms with Gasteiger partial charge in [0.25, 0.3) is 5.91 Å². The van der Waals surface area contributed by atoms with E-state index >= 15 is 0 Å². The number of carbonyl (C=O) groups is 2. The molecule has 0 aromatic heterocycles.